The highest BCUT2D eigenvalue weighted by molar-refractivity contribution is 6.11. The van der Waals surface area contributed by atoms with Crippen molar-refractivity contribution in [2.24, 2.45) is 5.10 Å². The lowest BCUT2D eigenvalue weighted by Gasteiger charge is -2.27. The van der Waals surface area contributed by atoms with E-state index in [4.69, 9.17) is 0 Å². The molecular formula is C23H16F4N2O. The Hall–Kier alpha value is -3.48. The molecule has 1 aliphatic rings. The van der Waals surface area contributed by atoms with Crippen LogP contribution in [0.5, 0.6) is 0 Å². The minimum atomic E-state index is -4.73. The Bertz CT molecular complexity index is 1060. The largest absolute Gasteiger partial charge is 0.431 e. The zero-order valence-electron chi connectivity index (χ0n) is 15.6. The zero-order valence-corrected chi connectivity index (χ0v) is 15.6. The highest BCUT2D eigenvalue weighted by Crippen LogP contribution is 2.41. The summed E-state index contributed by atoms with van der Waals surface area (Å²) in [4.78, 5) is 13.4. The molecule has 0 fully saturated rings. The smallest absolute Gasteiger partial charge is 0.292 e. The number of hydrazone groups is 1. The second-order valence-corrected chi connectivity index (χ2v) is 6.87. The van der Waals surface area contributed by atoms with Gasteiger partial charge in [0.05, 0.1) is 11.6 Å². The number of alkyl halides is 3. The van der Waals surface area contributed by atoms with E-state index < -0.39 is 35.4 Å². The molecule has 0 amide bonds. The Morgan fingerprint density at radius 3 is 1.97 bits per heavy atom. The molecule has 0 saturated carbocycles. The molecule has 0 radical (unpaired) electrons. The standard InChI is InChI=1S/C23H16F4N2O/c24-17-13-11-16(12-14-17)21(30)20-19(15-7-3-1-4-8-15)22(23(25,26)27)28-29(20)18-9-5-2-6-10-18/h1-14,19-20H/t19-,20+/m1/s1. The first-order chi connectivity index (χ1) is 14.4. The van der Waals surface area contributed by atoms with Gasteiger partial charge < -0.3 is 0 Å². The predicted molar refractivity (Wildman–Crippen MR) is 106 cm³/mol. The Balaban J connectivity index is 1.88. The van der Waals surface area contributed by atoms with Crippen LogP contribution in [0.1, 0.15) is 21.8 Å². The molecule has 7 heteroatoms. The first-order valence-electron chi connectivity index (χ1n) is 9.21. The molecule has 152 valence electrons. The van der Waals surface area contributed by atoms with E-state index >= 15 is 0 Å². The second kappa shape index (κ2) is 7.74. The Kier molecular flexibility index (Phi) is 5.11. The average molecular weight is 412 g/mol. The van der Waals surface area contributed by atoms with Crippen molar-refractivity contribution in [3.05, 3.63) is 102 Å². The van der Waals surface area contributed by atoms with E-state index in [1.807, 2.05) is 0 Å². The van der Waals surface area contributed by atoms with Gasteiger partial charge in [-0.25, -0.2) is 4.39 Å². The molecule has 0 aliphatic carbocycles. The number of rotatable bonds is 4. The highest BCUT2D eigenvalue weighted by Gasteiger charge is 2.53. The van der Waals surface area contributed by atoms with Crippen molar-refractivity contribution < 1.29 is 22.4 Å². The lowest BCUT2D eigenvalue weighted by molar-refractivity contribution is -0.0608. The third-order valence-electron chi connectivity index (χ3n) is 4.96. The fourth-order valence-corrected chi connectivity index (χ4v) is 3.61. The van der Waals surface area contributed by atoms with Gasteiger partial charge in [0, 0.05) is 5.56 Å². The number of ketones is 1. The van der Waals surface area contributed by atoms with Crippen molar-refractivity contribution in [3.63, 3.8) is 0 Å². The summed E-state index contributed by atoms with van der Waals surface area (Å²) in [5, 5.41) is 4.98. The van der Waals surface area contributed by atoms with E-state index in [1.54, 1.807) is 60.7 Å². The van der Waals surface area contributed by atoms with E-state index in [2.05, 4.69) is 5.10 Å². The number of carbonyl (C=O) groups is 1. The van der Waals surface area contributed by atoms with Gasteiger partial charge in [0.2, 0.25) is 0 Å². The van der Waals surface area contributed by atoms with Crippen molar-refractivity contribution in [1.29, 1.82) is 0 Å². The van der Waals surface area contributed by atoms with Gasteiger partial charge >= 0.3 is 6.18 Å². The van der Waals surface area contributed by atoms with Crippen LogP contribution < -0.4 is 5.01 Å². The minimum absolute atomic E-state index is 0.113. The maximum Gasteiger partial charge on any atom is 0.431 e. The molecule has 0 unspecified atom stereocenters. The zero-order chi connectivity index (χ0) is 21.3. The third kappa shape index (κ3) is 3.70. The second-order valence-electron chi connectivity index (χ2n) is 6.87. The van der Waals surface area contributed by atoms with Crippen molar-refractivity contribution in [2.75, 3.05) is 5.01 Å². The number of carbonyl (C=O) groups excluding carboxylic acids is 1. The summed E-state index contributed by atoms with van der Waals surface area (Å²) < 4.78 is 55.2. The summed E-state index contributed by atoms with van der Waals surface area (Å²) in [6, 6.07) is 19.7. The monoisotopic (exact) mass is 412 g/mol. The lowest BCUT2D eigenvalue weighted by Crippen LogP contribution is -2.41. The van der Waals surface area contributed by atoms with Crippen molar-refractivity contribution in [1.82, 2.24) is 0 Å². The van der Waals surface area contributed by atoms with Crippen LogP contribution in [0.3, 0.4) is 0 Å². The molecule has 3 aromatic carbocycles. The van der Waals surface area contributed by atoms with Gasteiger partial charge in [-0.2, -0.15) is 18.3 Å². The molecule has 0 saturated heterocycles. The number of hydrogen-bond acceptors (Lipinski definition) is 3. The maximum atomic E-state index is 14.0. The topological polar surface area (TPSA) is 32.7 Å². The highest BCUT2D eigenvalue weighted by atomic mass is 19.4. The molecule has 1 aliphatic heterocycles. The summed E-state index contributed by atoms with van der Waals surface area (Å²) in [5.41, 5.74) is -0.245. The van der Waals surface area contributed by atoms with Crippen LogP contribution in [0, 0.1) is 5.82 Å². The van der Waals surface area contributed by atoms with Gasteiger partial charge in [0.25, 0.3) is 0 Å². The van der Waals surface area contributed by atoms with Crippen LogP contribution in [-0.2, 0) is 0 Å². The summed E-state index contributed by atoms with van der Waals surface area (Å²) in [6.07, 6.45) is -4.73. The fourth-order valence-electron chi connectivity index (χ4n) is 3.61. The van der Waals surface area contributed by atoms with E-state index in [-0.39, 0.29) is 5.56 Å². The Labute approximate surface area is 170 Å². The molecule has 3 nitrogen and oxygen atoms in total. The van der Waals surface area contributed by atoms with E-state index in [9.17, 15) is 22.4 Å². The molecular weight excluding hydrogens is 396 g/mol. The summed E-state index contributed by atoms with van der Waals surface area (Å²) >= 11 is 0. The Morgan fingerprint density at radius 1 is 0.833 bits per heavy atom. The number of benzene rings is 3. The first-order valence-corrected chi connectivity index (χ1v) is 9.21. The van der Waals surface area contributed by atoms with E-state index in [0.29, 0.717) is 11.3 Å². The van der Waals surface area contributed by atoms with Crippen LogP contribution in [0.15, 0.2) is 90.0 Å². The summed E-state index contributed by atoms with van der Waals surface area (Å²) in [5.74, 6) is -2.44. The summed E-state index contributed by atoms with van der Waals surface area (Å²) in [7, 11) is 0. The number of anilines is 1. The van der Waals surface area contributed by atoms with E-state index in [1.165, 1.54) is 12.1 Å². The molecule has 0 aromatic heterocycles. The average Bonchev–Trinajstić information content (AvgIpc) is 3.16. The van der Waals surface area contributed by atoms with E-state index in [0.717, 1.165) is 17.1 Å². The number of Topliss-reactive ketones (excluding diaryl/α,β-unsaturated/α-hetero) is 1. The predicted octanol–water partition coefficient (Wildman–Crippen LogP) is 5.60. The van der Waals surface area contributed by atoms with Gasteiger partial charge in [0.1, 0.15) is 11.9 Å². The maximum absolute atomic E-state index is 14.0. The SMILES string of the molecule is O=C(c1ccc(F)cc1)[C@@H]1[C@@H](c2ccccc2)C(C(F)(F)F)=NN1c1ccccc1. The van der Waals surface area contributed by atoms with Crippen LogP contribution in [-0.4, -0.2) is 23.7 Å². The quantitative estimate of drug-likeness (QED) is 0.413. The molecule has 0 N–H and O–H groups in total. The van der Waals surface area contributed by atoms with Crippen molar-refractivity contribution >= 4 is 17.2 Å². The van der Waals surface area contributed by atoms with Crippen LogP contribution in [0.2, 0.25) is 0 Å². The summed E-state index contributed by atoms with van der Waals surface area (Å²) in [6.45, 7) is 0. The van der Waals surface area contributed by atoms with Crippen molar-refractivity contribution in [2.45, 2.75) is 18.1 Å². The molecule has 0 spiro atoms. The molecule has 4 rings (SSSR count). The fraction of sp³-hybridized carbons (Fsp3) is 0.130. The first kappa shape index (κ1) is 19.8. The van der Waals surface area contributed by atoms with Crippen molar-refractivity contribution in [3.8, 4) is 0 Å². The molecule has 3 aromatic rings. The third-order valence-corrected chi connectivity index (χ3v) is 4.96. The Morgan fingerprint density at radius 2 is 1.40 bits per heavy atom. The van der Waals surface area contributed by atoms with Crippen LogP contribution in [0.25, 0.3) is 0 Å². The normalized spacial score (nSPS) is 18.9. The van der Waals surface area contributed by atoms with Gasteiger partial charge in [-0.1, -0.05) is 48.5 Å². The molecule has 30 heavy (non-hydrogen) atoms. The molecule has 2 atom stereocenters. The van der Waals surface area contributed by atoms with Crippen LogP contribution in [0.4, 0.5) is 23.2 Å². The van der Waals surface area contributed by atoms with Crippen LogP contribution >= 0.6 is 0 Å². The van der Waals surface area contributed by atoms with Gasteiger partial charge in [0.15, 0.2) is 11.5 Å². The number of para-hydroxylation sites is 1. The minimum Gasteiger partial charge on any atom is -0.292 e. The van der Waals surface area contributed by atoms with Gasteiger partial charge in [-0.3, -0.25) is 9.80 Å². The number of nitrogens with zero attached hydrogens (tertiary/aromatic N) is 2. The van der Waals surface area contributed by atoms with Gasteiger partial charge in [-0.15, -0.1) is 0 Å². The number of hydrogen-bond donors (Lipinski definition) is 0. The van der Waals surface area contributed by atoms with Gasteiger partial charge in [-0.05, 0) is 42.0 Å². The number of halogens is 4. The lowest BCUT2D eigenvalue weighted by atomic mass is 9.83. The molecule has 1 heterocycles. The molecule has 0 bridgehead atoms.